The van der Waals surface area contributed by atoms with Gasteiger partial charge in [-0.25, -0.2) is 4.79 Å². The lowest BCUT2D eigenvalue weighted by atomic mass is 10.1. The highest BCUT2D eigenvalue weighted by molar-refractivity contribution is 5.67. The van der Waals surface area contributed by atoms with E-state index in [1.165, 1.54) is 0 Å². The predicted molar refractivity (Wildman–Crippen MR) is 82.1 cm³/mol. The molecule has 4 nitrogen and oxygen atoms in total. The fourth-order valence-corrected chi connectivity index (χ4v) is 1.93. The molecule has 1 rings (SSSR count). The fourth-order valence-electron chi connectivity index (χ4n) is 1.93. The maximum atomic E-state index is 12.7. The molecule has 0 radical (unpaired) electrons. The van der Waals surface area contributed by atoms with E-state index in [-0.39, 0.29) is 0 Å². The van der Waals surface area contributed by atoms with E-state index >= 15 is 0 Å². The van der Waals surface area contributed by atoms with Gasteiger partial charge in [0.25, 0.3) is 0 Å². The van der Waals surface area contributed by atoms with Gasteiger partial charge < -0.3 is 15.4 Å². The fraction of sp³-hybridized carbons (Fsp3) is 0.562. The maximum Gasteiger partial charge on any atom is 0.416 e. The molecule has 0 spiro atoms. The third-order valence-electron chi connectivity index (χ3n) is 2.76. The summed E-state index contributed by atoms with van der Waals surface area (Å²) >= 11 is 0. The zero-order chi connectivity index (χ0) is 17.7. The Bertz CT molecular complexity index is 537. The number of hydrogen-bond donors (Lipinski definition) is 2. The summed E-state index contributed by atoms with van der Waals surface area (Å²) in [6, 6.07) is 3.94. The first-order valence-electron chi connectivity index (χ1n) is 7.33. The molecule has 7 heteroatoms. The number of carbonyl (C=O) groups excluding carboxylic acids is 1. The lowest BCUT2D eigenvalue weighted by Gasteiger charge is -2.19. The molecule has 0 bridgehead atoms. The Balaban J connectivity index is 2.39. The summed E-state index contributed by atoms with van der Waals surface area (Å²) < 4.78 is 43.3. The molecule has 0 atom stereocenters. The molecule has 2 N–H and O–H groups in total. The summed E-state index contributed by atoms with van der Waals surface area (Å²) in [5.41, 5.74) is -0.105. The van der Waals surface area contributed by atoms with Gasteiger partial charge in [0, 0.05) is 19.6 Å². The second kappa shape index (κ2) is 7.68. The molecule has 0 aliphatic heterocycles. The molecule has 0 saturated carbocycles. The Hall–Kier alpha value is -1.76. The normalized spacial score (nSPS) is 12.1. The lowest BCUT2D eigenvalue weighted by molar-refractivity contribution is -0.137. The smallest absolute Gasteiger partial charge is 0.416 e. The first-order chi connectivity index (χ1) is 10.5. The molecule has 0 unspecified atom stereocenters. The molecular weight excluding hydrogens is 309 g/mol. The van der Waals surface area contributed by atoms with Crippen molar-refractivity contribution in [3.05, 3.63) is 34.9 Å². The van der Waals surface area contributed by atoms with Crippen LogP contribution in [0.15, 0.2) is 18.2 Å². The van der Waals surface area contributed by atoms with E-state index in [9.17, 15) is 18.0 Å². The van der Waals surface area contributed by atoms with E-state index in [1.54, 1.807) is 33.8 Å². The van der Waals surface area contributed by atoms with Crippen molar-refractivity contribution in [1.82, 2.24) is 10.6 Å². The molecule has 1 aromatic carbocycles. The summed E-state index contributed by atoms with van der Waals surface area (Å²) in [5, 5.41) is 5.56. The highest BCUT2D eigenvalue weighted by atomic mass is 19.4. The standard InChI is InChI=1S/C16H23F3N2O2/c1-11-7-12(9-13(8-11)16(17,18)19)10-20-5-6-21-14(22)23-15(2,3)4/h7-9,20H,5-6,10H2,1-4H3,(H,21,22). The summed E-state index contributed by atoms with van der Waals surface area (Å²) in [7, 11) is 0. The Kier molecular flexibility index (Phi) is 6.44. The average Bonchev–Trinajstić information content (AvgIpc) is 2.34. The van der Waals surface area contributed by atoms with E-state index in [2.05, 4.69) is 10.6 Å². The van der Waals surface area contributed by atoms with E-state index < -0.39 is 23.4 Å². The van der Waals surface area contributed by atoms with Gasteiger partial charge in [0.05, 0.1) is 5.56 Å². The van der Waals surface area contributed by atoms with Crippen molar-refractivity contribution in [2.24, 2.45) is 0 Å². The van der Waals surface area contributed by atoms with Crippen LogP contribution in [0.5, 0.6) is 0 Å². The van der Waals surface area contributed by atoms with Crippen molar-refractivity contribution < 1.29 is 22.7 Å². The van der Waals surface area contributed by atoms with Gasteiger partial charge in [-0.05, 0) is 45.4 Å². The van der Waals surface area contributed by atoms with Crippen LogP contribution in [0.2, 0.25) is 0 Å². The van der Waals surface area contributed by atoms with Crippen LogP contribution < -0.4 is 10.6 Å². The maximum absolute atomic E-state index is 12.7. The van der Waals surface area contributed by atoms with Crippen LogP contribution in [0.25, 0.3) is 0 Å². The zero-order valence-corrected chi connectivity index (χ0v) is 13.8. The number of halogens is 3. The largest absolute Gasteiger partial charge is 0.444 e. The van der Waals surface area contributed by atoms with Crippen LogP contribution in [-0.4, -0.2) is 24.8 Å². The summed E-state index contributed by atoms with van der Waals surface area (Å²) in [4.78, 5) is 11.4. The number of benzene rings is 1. The molecule has 23 heavy (non-hydrogen) atoms. The van der Waals surface area contributed by atoms with Crippen molar-refractivity contribution in [1.29, 1.82) is 0 Å². The van der Waals surface area contributed by atoms with Gasteiger partial charge in [-0.3, -0.25) is 0 Å². The average molecular weight is 332 g/mol. The summed E-state index contributed by atoms with van der Waals surface area (Å²) in [5.74, 6) is 0. The number of carbonyl (C=O) groups is 1. The van der Waals surface area contributed by atoms with Gasteiger partial charge in [-0.2, -0.15) is 13.2 Å². The van der Waals surface area contributed by atoms with Crippen molar-refractivity contribution in [2.45, 2.75) is 46.0 Å². The van der Waals surface area contributed by atoms with Crippen LogP contribution in [0.1, 0.15) is 37.5 Å². The highest BCUT2D eigenvalue weighted by Gasteiger charge is 2.30. The summed E-state index contributed by atoms with van der Waals surface area (Å²) in [6.45, 7) is 7.97. The van der Waals surface area contributed by atoms with Gasteiger partial charge >= 0.3 is 12.3 Å². The molecule has 130 valence electrons. The molecule has 0 aromatic heterocycles. The Morgan fingerprint density at radius 3 is 2.35 bits per heavy atom. The van der Waals surface area contributed by atoms with Gasteiger partial charge in [0.1, 0.15) is 5.60 Å². The number of ether oxygens (including phenoxy) is 1. The molecule has 0 saturated heterocycles. The third-order valence-corrected chi connectivity index (χ3v) is 2.76. The van der Waals surface area contributed by atoms with Crippen molar-refractivity contribution in [3.8, 4) is 0 Å². The van der Waals surface area contributed by atoms with Crippen molar-refractivity contribution in [3.63, 3.8) is 0 Å². The van der Waals surface area contributed by atoms with Gasteiger partial charge in [0.2, 0.25) is 0 Å². The molecule has 0 fully saturated rings. The first-order valence-corrected chi connectivity index (χ1v) is 7.33. The molecular formula is C16H23F3N2O2. The van der Waals surface area contributed by atoms with Crippen LogP contribution >= 0.6 is 0 Å². The van der Waals surface area contributed by atoms with Crippen LogP contribution in [0.3, 0.4) is 0 Å². The number of alkyl carbamates (subject to hydrolysis) is 1. The monoisotopic (exact) mass is 332 g/mol. The van der Waals surface area contributed by atoms with E-state index in [1.807, 2.05) is 0 Å². The third kappa shape index (κ3) is 7.88. The van der Waals surface area contributed by atoms with Crippen LogP contribution in [0.4, 0.5) is 18.0 Å². The lowest BCUT2D eigenvalue weighted by Crippen LogP contribution is -2.36. The first kappa shape index (κ1) is 19.3. The molecule has 0 aliphatic rings. The van der Waals surface area contributed by atoms with Gasteiger partial charge in [-0.1, -0.05) is 11.6 Å². The Morgan fingerprint density at radius 2 is 1.78 bits per heavy atom. The quantitative estimate of drug-likeness (QED) is 0.810. The van der Waals surface area contributed by atoms with E-state index in [0.717, 1.165) is 12.1 Å². The van der Waals surface area contributed by atoms with E-state index in [0.29, 0.717) is 30.8 Å². The predicted octanol–water partition coefficient (Wildman–Crippen LogP) is 3.63. The molecule has 1 amide bonds. The molecule has 1 aromatic rings. The number of aryl methyl sites for hydroxylation is 1. The second-order valence-electron chi connectivity index (χ2n) is 6.31. The number of nitrogens with one attached hydrogen (secondary N) is 2. The SMILES string of the molecule is Cc1cc(CNCCNC(=O)OC(C)(C)C)cc(C(F)(F)F)c1. The number of amides is 1. The van der Waals surface area contributed by atoms with E-state index in [4.69, 9.17) is 4.74 Å². The highest BCUT2D eigenvalue weighted by Crippen LogP contribution is 2.30. The topological polar surface area (TPSA) is 50.4 Å². The molecule has 0 aliphatic carbocycles. The number of hydrogen-bond acceptors (Lipinski definition) is 3. The minimum Gasteiger partial charge on any atom is -0.444 e. The number of rotatable bonds is 5. The van der Waals surface area contributed by atoms with Gasteiger partial charge in [-0.15, -0.1) is 0 Å². The minimum atomic E-state index is -4.35. The van der Waals surface area contributed by atoms with Gasteiger partial charge in [0.15, 0.2) is 0 Å². The van der Waals surface area contributed by atoms with Crippen LogP contribution in [-0.2, 0) is 17.5 Å². The zero-order valence-electron chi connectivity index (χ0n) is 13.8. The minimum absolute atomic E-state index is 0.292. The van der Waals surface area contributed by atoms with Crippen molar-refractivity contribution in [2.75, 3.05) is 13.1 Å². The van der Waals surface area contributed by atoms with Crippen molar-refractivity contribution >= 4 is 6.09 Å². The molecule has 0 heterocycles. The van der Waals surface area contributed by atoms with Crippen LogP contribution in [0, 0.1) is 6.92 Å². The Labute approximate surface area is 134 Å². The Morgan fingerprint density at radius 1 is 1.13 bits per heavy atom. The summed E-state index contributed by atoms with van der Waals surface area (Å²) in [6.07, 6.45) is -4.87. The second-order valence-corrected chi connectivity index (χ2v) is 6.31. The number of alkyl halides is 3.